The van der Waals surface area contributed by atoms with Crippen LogP contribution in [0.2, 0.25) is 0 Å². The fourth-order valence-corrected chi connectivity index (χ4v) is 3.52. The van der Waals surface area contributed by atoms with E-state index in [0.717, 1.165) is 25.2 Å². The van der Waals surface area contributed by atoms with Crippen LogP contribution in [0.25, 0.3) is 10.9 Å². The maximum absolute atomic E-state index is 12.5. The van der Waals surface area contributed by atoms with E-state index in [0.29, 0.717) is 17.4 Å². The Morgan fingerprint density at radius 1 is 1.29 bits per heavy atom. The van der Waals surface area contributed by atoms with Gasteiger partial charge in [0.2, 0.25) is 0 Å². The topological polar surface area (TPSA) is 100 Å². The zero-order chi connectivity index (χ0) is 19.7. The van der Waals surface area contributed by atoms with E-state index in [-0.39, 0.29) is 28.5 Å². The highest BCUT2D eigenvalue weighted by Gasteiger charge is 2.24. The third-order valence-electron chi connectivity index (χ3n) is 5.14. The van der Waals surface area contributed by atoms with Crippen molar-refractivity contribution >= 4 is 22.5 Å². The van der Waals surface area contributed by atoms with Crippen molar-refractivity contribution in [3.05, 3.63) is 68.9 Å². The number of pyridine rings is 1. The number of rotatable bonds is 4. The molecular formula is C20H21N5O3. The third kappa shape index (κ3) is 3.53. The van der Waals surface area contributed by atoms with Crippen LogP contribution in [0.15, 0.2) is 52.2 Å². The van der Waals surface area contributed by atoms with Gasteiger partial charge in [-0.1, -0.05) is 12.1 Å². The Labute approximate surface area is 160 Å². The summed E-state index contributed by atoms with van der Waals surface area (Å²) in [6, 6.07) is 10.0. The van der Waals surface area contributed by atoms with Gasteiger partial charge in [0.15, 0.2) is 5.43 Å². The number of aryl methyl sites for hydroxylation is 1. The van der Waals surface area contributed by atoms with E-state index >= 15 is 0 Å². The van der Waals surface area contributed by atoms with Crippen LogP contribution in [-0.2, 0) is 7.05 Å². The number of anilines is 1. The second-order valence-corrected chi connectivity index (χ2v) is 7.08. The predicted molar refractivity (Wildman–Crippen MR) is 107 cm³/mol. The van der Waals surface area contributed by atoms with Gasteiger partial charge in [0.05, 0.1) is 11.9 Å². The van der Waals surface area contributed by atoms with Gasteiger partial charge >= 0.3 is 0 Å². The number of aromatic nitrogens is 3. The fourth-order valence-electron chi connectivity index (χ4n) is 3.52. The molecule has 2 N–H and O–H groups in total. The van der Waals surface area contributed by atoms with Crippen molar-refractivity contribution in [2.45, 2.75) is 6.42 Å². The van der Waals surface area contributed by atoms with Crippen LogP contribution >= 0.6 is 0 Å². The number of carbonyl (C=O) groups excluding carboxylic acids is 1. The zero-order valence-electron chi connectivity index (χ0n) is 15.5. The standard InChI is InChI=1S/C20H21N5O3/c1-24-19(27)8-14(11-22-24)25-7-6-13(12-25)10-21-20(28)17-9-18(26)15-4-2-3-5-16(15)23-17/h2-5,8-9,11,13H,6-7,10,12H2,1H3,(H,21,28)(H,23,26)/t13-/m0/s1. The van der Waals surface area contributed by atoms with Crippen LogP contribution in [0.3, 0.4) is 0 Å². The van der Waals surface area contributed by atoms with Crippen LogP contribution < -0.4 is 21.2 Å². The summed E-state index contributed by atoms with van der Waals surface area (Å²) in [7, 11) is 1.62. The molecule has 0 spiro atoms. The van der Waals surface area contributed by atoms with Crippen molar-refractivity contribution in [1.29, 1.82) is 0 Å². The van der Waals surface area contributed by atoms with E-state index in [1.807, 2.05) is 6.07 Å². The minimum Gasteiger partial charge on any atom is -0.370 e. The first-order valence-electron chi connectivity index (χ1n) is 9.20. The molecule has 0 unspecified atom stereocenters. The summed E-state index contributed by atoms with van der Waals surface area (Å²) < 4.78 is 1.29. The van der Waals surface area contributed by atoms with Crippen LogP contribution in [0, 0.1) is 5.92 Å². The number of aromatic amines is 1. The van der Waals surface area contributed by atoms with Crippen LogP contribution in [-0.4, -0.2) is 40.3 Å². The summed E-state index contributed by atoms with van der Waals surface area (Å²) >= 11 is 0. The molecule has 1 saturated heterocycles. The molecule has 3 aromatic rings. The summed E-state index contributed by atoms with van der Waals surface area (Å²) in [6.07, 6.45) is 2.59. The fraction of sp³-hybridized carbons (Fsp3) is 0.300. The van der Waals surface area contributed by atoms with Crippen molar-refractivity contribution in [2.24, 2.45) is 13.0 Å². The maximum atomic E-state index is 12.5. The molecule has 1 aliphatic heterocycles. The Bertz CT molecular complexity index is 1150. The number of amides is 1. The molecule has 1 fully saturated rings. The molecule has 1 atom stereocenters. The largest absolute Gasteiger partial charge is 0.370 e. The van der Waals surface area contributed by atoms with E-state index in [4.69, 9.17) is 0 Å². The minimum atomic E-state index is -0.295. The predicted octanol–water partition coefficient (Wildman–Crippen LogP) is 0.878. The molecule has 3 heterocycles. The van der Waals surface area contributed by atoms with E-state index in [9.17, 15) is 14.4 Å². The second kappa shape index (κ2) is 7.30. The molecule has 0 bridgehead atoms. The van der Waals surface area contributed by atoms with Gasteiger partial charge < -0.3 is 15.2 Å². The highest BCUT2D eigenvalue weighted by molar-refractivity contribution is 5.94. The van der Waals surface area contributed by atoms with E-state index in [2.05, 4.69) is 20.3 Å². The summed E-state index contributed by atoms with van der Waals surface area (Å²) in [5, 5.41) is 7.53. The molecule has 144 valence electrons. The molecule has 0 aliphatic carbocycles. The number of fused-ring (bicyclic) bond motifs is 1. The lowest BCUT2D eigenvalue weighted by Crippen LogP contribution is -2.32. The van der Waals surface area contributed by atoms with Gasteiger partial charge in [-0.3, -0.25) is 14.4 Å². The Balaban J connectivity index is 1.40. The number of carbonyl (C=O) groups is 1. The lowest BCUT2D eigenvalue weighted by atomic mass is 10.1. The summed E-state index contributed by atoms with van der Waals surface area (Å²) in [6.45, 7) is 2.05. The van der Waals surface area contributed by atoms with Crippen molar-refractivity contribution in [2.75, 3.05) is 24.5 Å². The Morgan fingerprint density at radius 3 is 2.93 bits per heavy atom. The number of nitrogens with one attached hydrogen (secondary N) is 2. The Hall–Kier alpha value is -3.42. The van der Waals surface area contributed by atoms with Crippen molar-refractivity contribution in [3.63, 3.8) is 0 Å². The van der Waals surface area contributed by atoms with Crippen molar-refractivity contribution < 1.29 is 4.79 Å². The number of hydrogen-bond acceptors (Lipinski definition) is 5. The number of benzene rings is 1. The number of hydrogen-bond donors (Lipinski definition) is 2. The molecule has 2 aromatic heterocycles. The first kappa shape index (κ1) is 18.0. The number of H-pyrrole nitrogens is 1. The quantitative estimate of drug-likeness (QED) is 0.701. The Kier molecular flexibility index (Phi) is 4.68. The normalized spacial score (nSPS) is 16.5. The Morgan fingerprint density at radius 2 is 2.11 bits per heavy atom. The van der Waals surface area contributed by atoms with E-state index in [1.54, 1.807) is 37.5 Å². The molecule has 28 heavy (non-hydrogen) atoms. The van der Waals surface area contributed by atoms with Crippen molar-refractivity contribution in [1.82, 2.24) is 20.1 Å². The monoisotopic (exact) mass is 379 g/mol. The van der Waals surface area contributed by atoms with Gasteiger partial charge in [-0.2, -0.15) is 5.10 Å². The molecule has 4 rings (SSSR count). The van der Waals surface area contributed by atoms with Crippen LogP contribution in [0.4, 0.5) is 5.69 Å². The second-order valence-electron chi connectivity index (χ2n) is 7.08. The molecule has 1 aromatic carbocycles. The summed E-state index contributed by atoms with van der Waals surface area (Å²) in [5.41, 5.74) is 1.38. The van der Waals surface area contributed by atoms with Crippen LogP contribution in [0.1, 0.15) is 16.9 Å². The van der Waals surface area contributed by atoms with Crippen LogP contribution in [0.5, 0.6) is 0 Å². The van der Waals surface area contributed by atoms with Gasteiger partial charge in [0.1, 0.15) is 5.69 Å². The molecule has 8 nitrogen and oxygen atoms in total. The summed E-state index contributed by atoms with van der Waals surface area (Å²) in [4.78, 5) is 41.5. The highest BCUT2D eigenvalue weighted by atomic mass is 16.2. The maximum Gasteiger partial charge on any atom is 0.268 e. The average molecular weight is 379 g/mol. The molecule has 0 radical (unpaired) electrons. The highest BCUT2D eigenvalue weighted by Crippen LogP contribution is 2.21. The van der Waals surface area contributed by atoms with E-state index in [1.165, 1.54) is 10.7 Å². The number of para-hydroxylation sites is 1. The van der Waals surface area contributed by atoms with Gasteiger partial charge in [-0.05, 0) is 24.5 Å². The lowest BCUT2D eigenvalue weighted by molar-refractivity contribution is 0.0943. The lowest BCUT2D eigenvalue weighted by Gasteiger charge is -2.18. The van der Waals surface area contributed by atoms with Gasteiger partial charge in [0, 0.05) is 49.7 Å². The molecule has 1 amide bonds. The first-order valence-corrected chi connectivity index (χ1v) is 9.20. The molecular weight excluding hydrogens is 358 g/mol. The van der Waals surface area contributed by atoms with Gasteiger partial charge in [-0.15, -0.1) is 0 Å². The first-order chi connectivity index (χ1) is 13.5. The third-order valence-corrected chi connectivity index (χ3v) is 5.14. The van der Waals surface area contributed by atoms with Gasteiger partial charge in [-0.25, -0.2) is 4.68 Å². The molecule has 8 heteroatoms. The zero-order valence-corrected chi connectivity index (χ0v) is 15.5. The van der Waals surface area contributed by atoms with Crippen molar-refractivity contribution in [3.8, 4) is 0 Å². The number of nitrogens with zero attached hydrogens (tertiary/aromatic N) is 3. The van der Waals surface area contributed by atoms with Gasteiger partial charge in [0.25, 0.3) is 11.5 Å². The SMILES string of the molecule is Cn1ncc(N2CC[C@@H](CNC(=O)c3cc(=O)c4ccccc4[nH]3)C2)cc1=O. The van der Waals surface area contributed by atoms with E-state index < -0.39 is 0 Å². The molecule has 0 saturated carbocycles. The average Bonchev–Trinajstić information content (AvgIpc) is 3.17. The smallest absolute Gasteiger partial charge is 0.268 e. The molecule has 1 aliphatic rings. The summed E-state index contributed by atoms with van der Waals surface area (Å²) in [5.74, 6) is -0.0308. The minimum absolute atomic E-state index is 0.144.